The Morgan fingerprint density at radius 2 is 2.42 bits per heavy atom. The molecule has 0 bridgehead atoms. The molecular weight excluding hydrogens is 170 g/mol. The van der Waals surface area contributed by atoms with Gasteiger partial charge in [-0.1, -0.05) is 6.42 Å². The lowest BCUT2D eigenvalue weighted by Crippen LogP contribution is -2.31. The van der Waals surface area contributed by atoms with Gasteiger partial charge < -0.3 is 10.4 Å². The molecule has 2 atom stereocenters. The highest BCUT2D eigenvalue weighted by molar-refractivity contribution is 7.99. The van der Waals surface area contributed by atoms with Crippen molar-refractivity contribution < 1.29 is 5.11 Å². The Labute approximate surface area is 79.1 Å². The maximum Gasteiger partial charge on any atom is 0.0636 e. The van der Waals surface area contributed by atoms with Gasteiger partial charge in [0, 0.05) is 18.3 Å². The van der Waals surface area contributed by atoms with Crippen LogP contribution in [0.15, 0.2) is 0 Å². The summed E-state index contributed by atoms with van der Waals surface area (Å²) in [5, 5.41) is 13.1. The minimum atomic E-state index is -0.210. The number of aliphatic hydroxyl groups excluding tert-OH is 1. The molecule has 2 N–H and O–H groups in total. The summed E-state index contributed by atoms with van der Waals surface area (Å²) in [5.41, 5.74) is 0. The number of hydrogen-bond acceptors (Lipinski definition) is 3. The normalized spacial score (nSPS) is 27.0. The van der Waals surface area contributed by atoms with Gasteiger partial charge in [-0.3, -0.25) is 0 Å². The van der Waals surface area contributed by atoms with Crippen LogP contribution in [0, 0.1) is 0 Å². The second kappa shape index (κ2) is 5.84. The summed E-state index contributed by atoms with van der Waals surface area (Å²) in [6, 6.07) is 0. The third kappa shape index (κ3) is 4.33. The van der Waals surface area contributed by atoms with E-state index in [-0.39, 0.29) is 6.10 Å². The Hall–Kier alpha value is 0.270. The fraction of sp³-hybridized carbons (Fsp3) is 1.00. The second-order valence-electron chi connectivity index (χ2n) is 3.50. The highest BCUT2D eigenvalue weighted by Gasteiger charge is 2.12. The van der Waals surface area contributed by atoms with E-state index in [9.17, 15) is 0 Å². The lowest BCUT2D eigenvalue weighted by molar-refractivity contribution is 0.191. The van der Waals surface area contributed by atoms with E-state index in [0.717, 1.165) is 18.3 Å². The summed E-state index contributed by atoms with van der Waals surface area (Å²) < 4.78 is 0. The van der Waals surface area contributed by atoms with Gasteiger partial charge in [-0.2, -0.15) is 11.8 Å². The molecule has 0 saturated carbocycles. The number of nitrogens with one attached hydrogen (secondary N) is 1. The second-order valence-corrected chi connectivity index (χ2v) is 4.90. The van der Waals surface area contributed by atoms with Gasteiger partial charge in [0.1, 0.15) is 0 Å². The van der Waals surface area contributed by atoms with Crippen LogP contribution in [0.1, 0.15) is 26.2 Å². The van der Waals surface area contributed by atoms with Gasteiger partial charge in [-0.15, -0.1) is 0 Å². The Balaban J connectivity index is 1.98. The van der Waals surface area contributed by atoms with Crippen LogP contribution in [0.2, 0.25) is 0 Å². The molecule has 0 aromatic heterocycles. The quantitative estimate of drug-likeness (QED) is 0.698. The van der Waals surface area contributed by atoms with Crippen LogP contribution >= 0.6 is 11.8 Å². The smallest absolute Gasteiger partial charge is 0.0636 e. The zero-order chi connectivity index (χ0) is 8.81. The number of thioether (sulfide) groups is 1. The van der Waals surface area contributed by atoms with Gasteiger partial charge in [0.2, 0.25) is 0 Å². The standard InChI is InChI=1S/C9H19NOS/c1-8(11)6-10-7-9-4-2-3-5-12-9/h8-11H,2-7H2,1H3. The number of aliphatic hydroxyl groups is 1. The van der Waals surface area contributed by atoms with Crippen molar-refractivity contribution in [2.24, 2.45) is 0 Å². The van der Waals surface area contributed by atoms with Crippen molar-refractivity contribution in [3.63, 3.8) is 0 Å². The van der Waals surface area contributed by atoms with E-state index in [1.165, 1.54) is 25.0 Å². The van der Waals surface area contributed by atoms with Crippen molar-refractivity contribution >= 4 is 11.8 Å². The molecule has 1 fully saturated rings. The summed E-state index contributed by atoms with van der Waals surface area (Å²) in [6.45, 7) is 3.62. The maximum absolute atomic E-state index is 9.01. The predicted molar refractivity (Wildman–Crippen MR) is 54.6 cm³/mol. The van der Waals surface area contributed by atoms with Crippen molar-refractivity contribution in [1.29, 1.82) is 0 Å². The van der Waals surface area contributed by atoms with E-state index in [4.69, 9.17) is 5.11 Å². The van der Waals surface area contributed by atoms with Gasteiger partial charge in [-0.05, 0) is 25.5 Å². The molecule has 1 saturated heterocycles. The average Bonchev–Trinajstić information content (AvgIpc) is 2.05. The van der Waals surface area contributed by atoms with Crippen LogP contribution in [-0.2, 0) is 0 Å². The molecule has 0 aromatic carbocycles. The van der Waals surface area contributed by atoms with Crippen LogP contribution in [0.25, 0.3) is 0 Å². The Kier molecular flexibility index (Phi) is 5.04. The van der Waals surface area contributed by atoms with E-state index in [2.05, 4.69) is 17.1 Å². The molecule has 3 heteroatoms. The fourth-order valence-corrected chi connectivity index (χ4v) is 2.69. The average molecular weight is 189 g/mol. The first-order valence-electron chi connectivity index (χ1n) is 4.79. The summed E-state index contributed by atoms with van der Waals surface area (Å²) >= 11 is 2.07. The van der Waals surface area contributed by atoms with E-state index in [0.29, 0.717) is 0 Å². The third-order valence-electron chi connectivity index (χ3n) is 2.09. The molecule has 72 valence electrons. The molecule has 2 nitrogen and oxygen atoms in total. The highest BCUT2D eigenvalue weighted by Crippen LogP contribution is 2.24. The molecule has 0 aliphatic carbocycles. The van der Waals surface area contributed by atoms with Gasteiger partial charge in [0.25, 0.3) is 0 Å². The van der Waals surface area contributed by atoms with Crippen molar-refractivity contribution in [3.8, 4) is 0 Å². The molecule has 0 aromatic rings. The third-order valence-corrected chi connectivity index (χ3v) is 3.48. The van der Waals surface area contributed by atoms with E-state index >= 15 is 0 Å². The van der Waals surface area contributed by atoms with E-state index < -0.39 is 0 Å². The van der Waals surface area contributed by atoms with Gasteiger partial charge in [0.15, 0.2) is 0 Å². The molecule has 0 radical (unpaired) electrons. The van der Waals surface area contributed by atoms with Crippen molar-refractivity contribution in [2.75, 3.05) is 18.8 Å². The molecule has 1 aliphatic rings. The summed E-state index contributed by atoms with van der Waals surface area (Å²) in [7, 11) is 0. The topological polar surface area (TPSA) is 32.3 Å². The van der Waals surface area contributed by atoms with E-state index in [1.54, 1.807) is 0 Å². The van der Waals surface area contributed by atoms with Crippen LogP contribution in [-0.4, -0.2) is 35.3 Å². The van der Waals surface area contributed by atoms with Crippen LogP contribution in [0.5, 0.6) is 0 Å². The minimum absolute atomic E-state index is 0.210. The van der Waals surface area contributed by atoms with E-state index in [1.807, 2.05) is 6.92 Å². The van der Waals surface area contributed by atoms with Crippen LogP contribution in [0.4, 0.5) is 0 Å². The lowest BCUT2D eigenvalue weighted by Gasteiger charge is -2.21. The first-order chi connectivity index (χ1) is 5.79. The largest absolute Gasteiger partial charge is 0.392 e. The summed E-state index contributed by atoms with van der Waals surface area (Å²) in [6.07, 6.45) is 3.90. The fourth-order valence-electron chi connectivity index (χ4n) is 1.42. The van der Waals surface area contributed by atoms with Crippen LogP contribution < -0.4 is 5.32 Å². The predicted octanol–water partition coefficient (Wildman–Crippen LogP) is 1.24. The molecule has 1 heterocycles. The monoisotopic (exact) mass is 189 g/mol. The first kappa shape index (κ1) is 10.4. The van der Waals surface area contributed by atoms with Crippen LogP contribution in [0.3, 0.4) is 0 Å². The molecule has 2 unspecified atom stereocenters. The molecule has 1 rings (SSSR count). The summed E-state index contributed by atoms with van der Waals surface area (Å²) in [4.78, 5) is 0. The molecule has 1 aliphatic heterocycles. The Morgan fingerprint density at radius 1 is 1.58 bits per heavy atom. The van der Waals surface area contributed by atoms with Gasteiger partial charge in [-0.25, -0.2) is 0 Å². The number of hydrogen-bond donors (Lipinski definition) is 2. The van der Waals surface area contributed by atoms with Gasteiger partial charge >= 0.3 is 0 Å². The Bertz CT molecular complexity index is 113. The molecule has 0 amide bonds. The highest BCUT2D eigenvalue weighted by atomic mass is 32.2. The Morgan fingerprint density at radius 3 is 3.00 bits per heavy atom. The lowest BCUT2D eigenvalue weighted by atomic mass is 10.2. The zero-order valence-electron chi connectivity index (χ0n) is 7.75. The molecule has 0 spiro atoms. The van der Waals surface area contributed by atoms with Crippen molar-refractivity contribution in [1.82, 2.24) is 5.32 Å². The SMILES string of the molecule is CC(O)CNCC1CCCCS1. The zero-order valence-corrected chi connectivity index (χ0v) is 8.57. The number of rotatable bonds is 4. The first-order valence-corrected chi connectivity index (χ1v) is 5.84. The minimum Gasteiger partial charge on any atom is -0.392 e. The summed E-state index contributed by atoms with van der Waals surface area (Å²) in [5.74, 6) is 1.32. The molecule has 12 heavy (non-hydrogen) atoms. The van der Waals surface area contributed by atoms with Crippen molar-refractivity contribution in [3.05, 3.63) is 0 Å². The maximum atomic E-state index is 9.01. The molecular formula is C9H19NOS. The van der Waals surface area contributed by atoms with Gasteiger partial charge in [0.05, 0.1) is 6.10 Å². The van der Waals surface area contributed by atoms with Crippen molar-refractivity contribution in [2.45, 2.75) is 37.5 Å².